The van der Waals surface area contributed by atoms with Gasteiger partial charge in [0.2, 0.25) is 5.91 Å². The second kappa shape index (κ2) is 8.39. The first kappa shape index (κ1) is 19.1. The van der Waals surface area contributed by atoms with Crippen molar-refractivity contribution >= 4 is 45.0 Å². The van der Waals surface area contributed by atoms with Gasteiger partial charge in [0.05, 0.1) is 29.5 Å². The molecule has 0 saturated heterocycles. The van der Waals surface area contributed by atoms with Crippen LogP contribution in [-0.2, 0) is 4.79 Å². The Balaban J connectivity index is 1.60. The van der Waals surface area contributed by atoms with Crippen LogP contribution < -0.4 is 10.1 Å². The van der Waals surface area contributed by atoms with E-state index >= 15 is 0 Å². The van der Waals surface area contributed by atoms with E-state index in [1.807, 2.05) is 53.1 Å². The van der Waals surface area contributed by atoms with Crippen molar-refractivity contribution in [2.24, 2.45) is 0 Å². The summed E-state index contributed by atoms with van der Waals surface area (Å²) in [6, 6.07) is 19.3. The number of thioether (sulfide) groups is 1. The van der Waals surface area contributed by atoms with Crippen molar-refractivity contribution in [1.29, 1.82) is 5.26 Å². The predicted molar refractivity (Wildman–Crippen MR) is 116 cm³/mol. The van der Waals surface area contributed by atoms with E-state index in [0.717, 1.165) is 27.6 Å². The van der Waals surface area contributed by atoms with E-state index in [1.54, 1.807) is 18.6 Å². The topological polar surface area (TPSA) is 79.9 Å². The summed E-state index contributed by atoms with van der Waals surface area (Å²) in [5, 5.41) is 15.0. The first-order valence-electron chi connectivity index (χ1n) is 8.72. The van der Waals surface area contributed by atoms with E-state index in [9.17, 15) is 4.79 Å². The van der Waals surface area contributed by atoms with Crippen molar-refractivity contribution in [1.82, 2.24) is 9.55 Å². The Bertz CT molecular complexity index is 1210. The first-order chi connectivity index (χ1) is 14.2. The molecule has 0 unspecified atom stereocenters. The lowest BCUT2D eigenvalue weighted by atomic mass is 10.2. The average molecular weight is 421 g/mol. The molecule has 2 aromatic carbocycles. The Labute approximate surface area is 175 Å². The molecule has 29 heavy (non-hydrogen) atoms. The Morgan fingerprint density at radius 3 is 2.79 bits per heavy atom. The number of carbonyl (C=O) groups is 1. The lowest BCUT2D eigenvalue weighted by Gasteiger charge is -2.10. The van der Waals surface area contributed by atoms with Gasteiger partial charge in [0, 0.05) is 5.69 Å². The molecule has 2 aromatic heterocycles. The quantitative estimate of drug-likeness (QED) is 0.458. The highest BCUT2D eigenvalue weighted by Crippen LogP contribution is 2.29. The number of nitrogens with zero attached hydrogens (tertiary/aromatic N) is 3. The van der Waals surface area contributed by atoms with Gasteiger partial charge >= 0.3 is 0 Å². The maximum atomic E-state index is 12.4. The maximum absolute atomic E-state index is 12.4. The van der Waals surface area contributed by atoms with Crippen LogP contribution in [0, 0.1) is 11.3 Å². The van der Waals surface area contributed by atoms with Crippen molar-refractivity contribution in [2.75, 3.05) is 18.2 Å². The monoisotopic (exact) mass is 420 g/mol. The molecular formula is C21H16N4O2S2. The van der Waals surface area contributed by atoms with Crippen LogP contribution in [-0.4, -0.2) is 28.3 Å². The van der Waals surface area contributed by atoms with Gasteiger partial charge < -0.3 is 10.1 Å². The zero-order valence-corrected chi connectivity index (χ0v) is 17.1. The van der Waals surface area contributed by atoms with Gasteiger partial charge in [-0.2, -0.15) is 5.26 Å². The molecule has 0 radical (unpaired) electrons. The van der Waals surface area contributed by atoms with Crippen LogP contribution in [0.4, 0.5) is 5.00 Å². The third-order valence-electron chi connectivity index (χ3n) is 4.23. The number of imidazole rings is 1. The summed E-state index contributed by atoms with van der Waals surface area (Å²) in [5.74, 6) is 0.778. The largest absolute Gasteiger partial charge is 0.497 e. The first-order valence-corrected chi connectivity index (χ1v) is 10.6. The van der Waals surface area contributed by atoms with Crippen molar-refractivity contribution in [3.8, 4) is 17.5 Å². The van der Waals surface area contributed by atoms with Crippen molar-refractivity contribution in [2.45, 2.75) is 5.16 Å². The predicted octanol–water partition coefficient (Wildman–Crippen LogP) is 4.70. The van der Waals surface area contributed by atoms with Gasteiger partial charge in [0.25, 0.3) is 0 Å². The Hall–Kier alpha value is -3.28. The third kappa shape index (κ3) is 3.97. The molecule has 4 rings (SSSR count). The number of hydrogen-bond acceptors (Lipinski definition) is 6. The smallest absolute Gasteiger partial charge is 0.235 e. The van der Waals surface area contributed by atoms with Crippen molar-refractivity contribution in [3.05, 3.63) is 65.5 Å². The number of methoxy groups -OCH3 is 1. The zero-order valence-electron chi connectivity index (χ0n) is 15.5. The number of aromatic nitrogens is 2. The Kier molecular flexibility index (Phi) is 5.51. The number of thiophene rings is 1. The van der Waals surface area contributed by atoms with Gasteiger partial charge in [-0.05, 0) is 47.8 Å². The van der Waals surface area contributed by atoms with Gasteiger partial charge in [0.1, 0.15) is 16.8 Å². The van der Waals surface area contributed by atoms with Gasteiger partial charge in [-0.15, -0.1) is 11.3 Å². The number of fused-ring (bicyclic) bond motifs is 1. The van der Waals surface area contributed by atoms with Gasteiger partial charge in [-0.3, -0.25) is 9.36 Å². The van der Waals surface area contributed by atoms with E-state index in [1.165, 1.54) is 23.1 Å². The normalized spacial score (nSPS) is 10.6. The fraction of sp³-hybridized carbons (Fsp3) is 0.0952. The van der Waals surface area contributed by atoms with Crippen LogP contribution in [0.25, 0.3) is 16.7 Å². The maximum Gasteiger partial charge on any atom is 0.235 e. The number of rotatable bonds is 6. The summed E-state index contributed by atoms with van der Waals surface area (Å²) in [6.45, 7) is 0. The number of ether oxygens (including phenoxy) is 1. The lowest BCUT2D eigenvalue weighted by Crippen LogP contribution is -2.14. The molecule has 1 N–H and O–H groups in total. The summed E-state index contributed by atoms with van der Waals surface area (Å²) in [5.41, 5.74) is 3.23. The zero-order chi connectivity index (χ0) is 20.2. The molecule has 0 fully saturated rings. The minimum Gasteiger partial charge on any atom is -0.497 e. The van der Waals surface area contributed by atoms with Gasteiger partial charge in [-0.1, -0.05) is 23.9 Å². The molecule has 1 amide bonds. The fourth-order valence-electron chi connectivity index (χ4n) is 2.87. The molecule has 0 aliphatic carbocycles. The van der Waals surface area contributed by atoms with Crippen LogP contribution in [0.5, 0.6) is 5.75 Å². The summed E-state index contributed by atoms with van der Waals surface area (Å²) in [4.78, 5) is 17.1. The molecule has 0 atom stereocenters. The summed E-state index contributed by atoms with van der Waals surface area (Å²) in [7, 11) is 1.63. The number of para-hydroxylation sites is 2. The van der Waals surface area contributed by atoms with E-state index in [0.29, 0.717) is 10.6 Å². The highest BCUT2D eigenvalue weighted by atomic mass is 32.2. The van der Waals surface area contributed by atoms with E-state index in [-0.39, 0.29) is 11.7 Å². The lowest BCUT2D eigenvalue weighted by molar-refractivity contribution is -0.113. The fourth-order valence-corrected chi connectivity index (χ4v) is 4.45. The van der Waals surface area contributed by atoms with E-state index in [2.05, 4.69) is 11.4 Å². The number of carbonyl (C=O) groups excluding carboxylic acids is 1. The van der Waals surface area contributed by atoms with Crippen molar-refractivity contribution < 1.29 is 9.53 Å². The Morgan fingerprint density at radius 1 is 1.24 bits per heavy atom. The van der Waals surface area contributed by atoms with Crippen LogP contribution in [0.1, 0.15) is 5.56 Å². The molecule has 0 aliphatic rings. The van der Waals surface area contributed by atoms with Crippen LogP contribution in [0.2, 0.25) is 0 Å². The highest BCUT2D eigenvalue weighted by molar-refractivity contribution is 7.99. The number of nitriles is 1. The molecule has 4 aromatic rings. The van der Waals surface area contributed by atoms with Gasteiger partial charge in [0.15, 0.2) is 5.16 Å². The average Bonchev–Trinajstić information content (AvgIpc) is 3.36. The van der Waals surface area contributed by atoms with Crippen LogP contribution >= 0.6 is 23.1 Å². The molecule has 6 nitrogen and oxygen atoms in total. The number of hydrogen-bond donors (Lipinski definition) is 1. The SMILES string of the molecule is COc1ccc(-n2c(SCC(=O)Nc3sccc3C#N)nc3ccccc32)cc1. The summed E-state index contributed by atoms with van der Waals surface area (Å²) < 4.78 is 7.27. The van der Waals surface area contributed by atoms with Crippen LogP contribution in [0.3, 0.4) is 0 Å². The van der Waals surface area contributed by atoms with Crippen molar-refractivity contribution in [3.63, 3.8) is 0 Å². The second-order valence-electron chi connectivity index (χ2n) is 6.03. The van der Waals surface area contributed by atoms with Gasteiger partial charge in [-0.25, -0.2) is 4.98 Å². The molecule has 2 heterocycles. The molecule has 0 bridgehead atoms. The minimum absolute atomic E-state index is 0.178. The number of amides is 1. The van der Waals surface area contributed by atoms with E-state index < -0.39 is 0 Å². The standard InChI is InChI=1S/C21H16N4O2S2/c1-27-16-8-6-15(7-9-16)25-18-5-3-2-4-17(18)23-21(25)29-13-19(26)24-20-14(12-22)10-11-28-20/h2-11H,13H2,1H3,(H,24,26). The Morgan fingerprint density at radius 2 is 2.03 bits per heavy atom. The number of anilines is 1. The minimum atomic E-state index is -0.178. The van der Waals surface area contributed by atoms with E-state index in [4.69, 9.17) is 15.0 Å². The number of nitrogens with one attached hydrogen (secondary N) is 1. The van der Waals surface area contributed by atoms with Crippen LogP contribution in [0.15, 0.2) is 65.1 Å². The molecule has 0 spiro atoms. The molecular weight excluding hydrogens is 404 g/mol. The highest BCUT2D eigenvalue weighted by Gasteiger charge is 2.15. The third-order valence-corrected chi connectivity index (χ3v) is 6.00. The second-order valence-corrected chi connectivity index (χ2v) is 7.89. The number of benzene rings is 2. The summed E-state index contributed by atoms with van der Waals surface area (Å²) >= 11 is 2.69. The summed E-state index contributed by atoms with van der Waals surface area (Å²) in [6.07, 6.45) is 0. The molecule has 0 aliphatic heterocycles. The molecule has 0 saturated carbocycles. The molecule has 144 valence electrons. The molecule has 8 heteroatoms.